The summed E-state index contributed by atoms with van der Waals surface area (Å²) in [4.78, 5) is 6.38. The van der Waals surface area contributed by atoms with Crippen LogP contribution in [0.25, 0.3) is 10.8 Å². The summed E-state index contributed by atoms with van der Waals surface area (Å²) in [7, 11) is 0. The van der Waals surface area contributed by atoms with Crippen LogP contribution in [0.15, 0.2) is 48.8 Å². The van der Waals surface area contributed by atoms with E-state index in [-0.39, 0.29) is 18.2 Å². The van der Waals surface area contributed by atoms with Crippen LogP contribution in [-0.2, 0) is 13.0 Å². The molecule has 120 valence electrons. The van der Waals surface area contributed by atoms with Gasteiger partial charge >= 0.3 is 0 Å². The van der Waals surface area contributed by atoms with E-state index in [1.165, 1.54) is 0 Å². The van der Waals surface area contributed by atoms with Gasteiger partial charge in [-0.1, -0.05) is 24.3 Å². The normalized spacial score (nSPS) is 13.0. The number of halogens is 1. The van der Waals surface area contributed by atoms with Crippen molar-refractivity contribution < 1.29 is 5.11 Å². The molecule has 1 aromatic heterocycles. The van der Waals surface area contributed by atoms with E-state index in [1.807, 2.05) is 24.4 Å². The van der Waals surface area contributed by atoms with E-state index < -0.39 is 0 Å². The third-order valence-electron chi connectivity index (χ3n) is 4.43. The summed E-state index contributed by atoms with van der Waals surface area (Å²) in [6.07, 6.45) is 4.33. The van der Waals surface area contributed by atoms with E-state index in [9.17, 15) is 10.4 Å². The lowest BCUT2D eigenvalue weighted by Gasteiger charge is -2.32. The van der Waals surface area contributed by atoms with Gasteiger partial charge in [0.2, 0.25) is 0 Å². The molecule has 1 aliphatic rings. The Morgan fingerprint density at radius 2 is 2.00 bits per heavy atom. The summed E-state index contributed by atoms with van der Waals surface area (Å²) < 4.78 is 0. The minimum atomic E-state index is 0. The van der Waals surface area contributed by atoms with Gasteiger partial charge in [-0.2, -0.15) is 5.26 Å². The lowest BCUT2D eigenvalue weighted by molar-refractivity contribution is 0.476. The van der Waals surface area contributed by atoms with Crippen LogP contribution in [0, 0.1) is 11.3 Å². The Kier molecular flexibility index (Phi) is 4.28. The number of hydrogen-bond acceptors (Lipinski definition) is 4. The molecule has 0 atom stereocenters. The molecular formula is C19H16ClN3O. The van der Waals surface area contributed by atoms with Crippen molar-refractivity contribution in [3.05, 3.63) is 65.5 Å². The molecule has 1 aliphatic heterocycles. The quantitative estimate of drug-likeness (QED) is 0.733. The Morgan fingerprint density at radius 1 is 1.17 bits per heavy atom. The van der Waals surface area contributed by atoms with Gasteiger partial charge in [0.05, 0.1) is 5.56 Å². The van der Waals surface area contributed by atoms with Crippen LogP contribution in [0.5, 0.6) is 5.75 Å². The van der Waals surface area contributed by atoms with Crippen LogP contribution in [0.2, 0.25) is 0 Å². The first-order chi connectivity index (χ1) is 11.3. The lowest BCUT2D eigenvalue weighted by Crippen LogP contribution is -2.31. The van der Waals surface area contributed by atoms with Crippen molar-refractivity contribution in [1.82, 2.24) is 4.98 Å². The second kappa shape index (κ2) is 6.38. The van der Waals surface area contributed by atoms with Gasteiger partial charge in [0.25, 0.3) is 0 Å². The monoisotopic (exact) mass is 337 g/mol. The molecule has 0 amide bonds. The van der Waals surface area contributed by atoms with Gasteiger partial charge in [0.15, 0.2) is 0 Å². The number of fused-ring (bicyclic) bond motifs is 2. The highest BCUT2D eigenvalue weighted by molar-refractivity contribution is 5.95. The molecule has 0 fully saturated rings. The second-order valence-electron chi connectivity index (χ2n) is 5.79. The zero-order valence-corrected chi connectivity index (χ0v) is 13.8. The summed E-state index contributed by atoms with van der Waals surface area (Å²) in [5.41, 5.74) is 3.83. The number of aromatic hydroxyl groups is 1. The van der Waals surface area contributed by atoms with Gasteiger partial charge in [-0.15, -0.1) is 12.4 Å². The molecule has 4 rings (SSSR count). The number of nitriles is 1. The van der Waals surface area contributed by atoms with Gasteiger partial charge < -0.3 is 10.0 Å². The van der Waals surface area contributed by atoms with E-state index in [4.69, 9.17) is 0 Å². The third-order valence-corrected chi connectivity index (χ3v) is 4.43. The molecular weight excluding hydrogens is 322 g/mol. The third kappa shape index (κ3) is 2.64. The van der Waals surface area contributed by atoms with Gasteiger partial charge in [-0.05, 0) is 29.0 Å². The van der Waals surface area contributed by atoms with E-state index in [1.54, 1.807) is 18.3 Å². The highest BCUT2D eigenvalue weighted by Crippen LogP contribution is 2.34. The minimum Gasteiger partial charge on any atom is -0.508 e. The molecule has 0 radical (unpaired) electrons. The number of benzene rings is 2. The van der Waals surface area contributed by atoms with Crippen molar-refractivity contribution in [2.24, 2.45) is 0 Å². The zero-order chi connectivity index (χ0) is 15.8. The van der Waals surface area contributed by atoms with Gasteiger partial charge in [0, 0.05) is 42.6 Å². The number of phenols is 1. The molecule has 0 spiro atoms. The van der Waals surface area contributed by atoms with Crippen LogP contribution < -0.4 is 4.90 Å². The van der Waals surface area contributed by atoms with E-state index in [2.05, 4.69) is 22.0 Å². The molecule has 24 heavy (non-hydrogen) atoms. The number of rotatable bonds is 1. The SMILES string of the molecule is Cl.N#Cc1cncc2c1CN(c1cc(O)cc3ccccc13)CC2. The van der Waals surface area contributed by atoms with Crippen molar-refractivity contribution in [3.63, 3.8) is 0 Å². The highest BCUT2D eigenvalue weighted by Gasteiger charge is 2.21. The highest BCUT2D eigenvalue weighted by atomic mass is 35.5. The van der Waals surface area contributed by atoms with Crippen molar-refractivity contribution >= 4 is 28.9 Å². The maximum Gasteiger partial charge on any atom is 0.118 e. The van der Waals surface area contributed by atoms with Gasteiger partial charge in [-0.25, -0.2) is 0 Å². The fourth-order valence-corrected chi connectivity index (χ4v) is 3.30. The predicted molar refractivity (Wildman–Crippen MR) is 96.6 cm³/mol. The van der Waals surface area contributed by atoms with Gasteiger partial charge in [0.1, 0.15) is 11.8 Å². The summed E-state index contributed by atoms with van der Waals surface area (Å²) >= 11 is 0. The van der Waals surface area contributed by atoms with Crippen molar-refractivity contribution in [2.45, 2.75) is 13.0 Å². The molecule has 1 N–H and O–H groups in total. The number of phenolic OH excluding ortho intramolecular Hbond substituents is 1. The fourth-order valence-electron chi connectivity index (χ4n) is 3.30. The number of aromatic nitrogens is 1. The molecule has 0 saturated carbocycles. The van der Waals surface area contributed by atoms with Crippen molar-refractivity contribution in [2.75, 3.05) is 11.4 Å². The number of hydrogen-bond donors (Lipinski definition) is 1. The molecule has 4 nitrogen and oxygen atoms in total. The first kappa shape index (κ1) is 16.1. The average Bonchev–Trinajstić information content (AvgIpc) is 2.60. The Balaban J connectivity index is 0.00000169. The van der Waals surface area contributed by atoms with Crippen LogP contribution in [0.3, 0.4) is 0 Å². The van der Waals surface area contributed by atoms with Crippen LogP contribution in [0.4, 0.5) is 5.69 Å². The molecule has 0 saturated heterocycles. The molecule has 0 aliphatic carbocycles. The zero-order valence-electron chi connectivity index (χ0n) is 12.9. The number of anilines is 1. The van der Waals surface area contributed by atoms with Crippen molar-refractivity contribution in [3.8, 4) is 11.8 Å². The topological polar surface area (TPSA) is 60.2 Å². The first-order valence-electron chi connectivity index (χ1n) is 7.59. The molecule has 5 heteroatoms. The van der Waals surface area contributed by atoms with Crippen molar-refractivity contribution in [1.29, 1.82) is 5.26 Å². The van der Waals surface area contributed by atoms with Gasteiger partial charge in [-0.3, -0.25) is 4.98 Å². The molecule has 3 aromatic rings. The van der Waals surface area contributed by atoms with Crippen LogP contribution in [0.1, 0.15) is 16.7 Å². The maximum atomic E-state index is 10.0. The van der Waals surface area contributed by atoms with Crippen LogP contribution in [-0.4, -0.2) is 16.6 Å². The largest absolute Gasteiger partial charge is 0.508 e. The predicted octanol–water partition coefficient (Wildman–Crippen LogP) is 3.80. The molecule has 0 bridgehead atoms. The summed E-state index contributed by atoms with van der Waals surface area (Å²) in [6.45, 7) is 1.51. The Morgan fingerprint density at radius 3 is 2.83 bits per heavy atom. The smallest absolute Gasteiger partial charge is 0.118 e. The second-order valence-corrected chi connectivity index (χ2v) is 5.79. The standard InChI is InChI=1S/C19H15N3O.ClH/c20-9-15-11-21-10-14-5-6-22(12-18(14)15)19-8-16(23)7-13-3-1-2-4-17(13)19;/h1-4,7-8,10-11,23H,5-6,12H2;1H. The maximum absolute atomic E-state index is 10.0. The Labute approximate surface area is 146 Å². The Hall–Kier alpha value is -2.77. The lowest BCUT2D eigenvalue weighted by atomic mass is 9.97. The minimum absolute atomic E-state index is 0. The fraction of sp³-hybridized carbons (Fsp3) is 0.158. The van der Waals surface area contributed by atoms with E-state index in [0.717, 1.165) is 40.6 Å². The summed E-state index contributed by atoms with van der Waals surface area (Å²) in [5, 5.41) is 21.5. The molecule has 0 unspecified atom stereocenters. The Bertz CT molecular complexity index is 949. The average molecular weight is 338 g/mol. The first-order valence-corrected chi connectivity index (χ1v) is 7.59. The van der Waals surface area contributed by atoms with Crippen LogP contribution >= 0.6 is 12.4 Å². The number of pyridine rings is 1. The van der Waals surface area contributed by atoms with E-state index >= 15 is 0 Å². The summed E-state index contributed by atoms with van der Waals surface area (Å²) in [6, 6.07) is 13.9. The number of nitrogens with zero attached hydrogens (tertiary/aromatic N) is 3. The molecule has 2 aromatic carbocycles. The molecule has 2 heterocycles. The summed E-state index contributed by atoms with van der Waals surface area (Å²) in [5.74, 6) is 0.264. The van der Waals surface area contributed by atoms with E-state index in [0.29, 0.717) is 12.1 Å².